The molecule has 1 N–H and O–H groups in total. The van der Waals surface area contributed by atoms with Crippen molar-refractivity contribution in [1.82, 2.24) is 9.88 Å². The van der Waals surface area contributed by atoms with Gasteiger partial charge >= 0.3 is 0 Å². The first kappa shape index (κ1) is 18.6. The minimum absolute atomic E-state index is 0.00388. The van der Waals surface area contributed by atoms with E-state index in [1.165, 1.54) is 18.3 Å². The number of nitrogens with zero attached hydrogens (tertiary/aromatic N) is 2. The van der Waals surface area contributed by atoms with Gasteiger partial charge in [-0.2, -0.15) is 0 Å². The lowest BCUT2D eigenvalue weighted by Gasteiger charge is -2.33. The van der Waals surface area contributed by atoms with Crippen LogP contribution in [0.2, 0.25) is 5.15 Å². The Morgan fingerprint density at radius 2 is 2.00 bits per heavy atom. The Kier molecular flexibility index (Phi) is 5.45. The molecule has 1 aromatic heterocycles. The van der Waals surface area contributed by atoms with E-state index in [4.69, 9.17) is 16.3 Å². The zero-order chi connectivity index (χ0) is 18.7. The molecular formula is C17H18ClN3O4S. The fraction of sp³-hybridized carbons (Fsp3) is 0.294. The Hall–Kier alpha value is -2.16. The molecule has 138 valence electrons. The average Bonchev–Trinajstić information content (AvgIpc) is 2.62. The number of benzene rings is 1. The SMILES string of the molecule is CC1COCCN1C(=O)c1ccc(NS(=O)(=O)c2ccc(Cl)nc2)cc1. The van der Waals surface area contributed by atoms with Crippen molar-refractivity contribution >= 4 is 33.2 Å². The third-order valence-corrected chi connectivity index (χ3v) is 5.61. The van der Waals surface area contributed by atoms with E-state index < -0.39 is 10.0 Å². The van der Waals surface area contributed by atoms with Crippen LogP contribution in [-0.2, 0) is 14.8 Å². The summed E-state index contributed by atoms with van der Waals surface area (Å²) in [4.78, 5) is 18.1. The van der Waals surface area contributed by atoms with Gasteiger partial charge in [-0.25, -0.2) is 13.4 Å². The van der Waals surface area contributed by atoms with Crippen LogP contribution in [0.15, 0.2) is 47.5 Å². The number of carbonyl (C=O) groups excluding carboxylic acids is 1. The number of hydrogen-bond donors (Lipinski definition) is 1. The van der Waals surface area contributed by atoms with E-state index in [0.717, 1.165) is 0 Å². The number of morpholine rings is 1. The molecule has 0 radical (unpaired) electrons. The van der Waals surface area contributed by atoms with Gasteiger partial charge in [-0.1, -0.05) is 11.6 Å². The summed E-state index contributed by atoms with van der Waals surface area (Å²) >= 11 is 5.67. The van der Waals surface area contributed by atoms with Gasteiger partial charge in [0.15, 0.2) is 0 Å². The van der Waals surface area contributed by atoms with Crippen LogP contribution in [0, 0.1) is 0 Å². The van der Waals surface area contributed by atoms with Gasteiger partial charge in [-0.15, -0.1) is 0 Å². The lowest BCUT2D eigenvalue weighted by molar-refractivity contribution is 0.00359. The van der Waals surface area contributed by atoms with Crippen molar-refractivity contribution in [3.8, 4) is 0 Å². The molecule has 3 rings (SSSR count). The third kappa shape index (κ3) is 4.14. The highest BCUT2D eigenvalue weighted by Crippen LogP contribution is 2.19. The Balaban J connectivity index is 1.73. The maximum Gasteiger partial charge on any atom is 0.263 e. The molecular weight excluding hydrogens is 378 g/mol. The van der Waals surface area contributed by atoms with Gasteiger partial charge in [0, 0.05) is 24.0 Å². The smallest absolute Gasteiger partial charge is 0.263 e. The number of halogens is 1. The van der Waals surface area contributed by atoms with E-state index in [0.29, 0.717) is 31.0 Å². The van der Waals surface area contributed by atoms with Crippen molar-refractivity contribution in [2.75, 3.05) is 24.5 Å². The highest BCUT2D eigenvalue weighted by Gasteiger charge is 2.24. The lowest BCUT2D eigenvalue weighted by Crippen LogP contribution is -2.47. The van der Waals surface area contributed by atoms with Crippen molar-refractivity contribution in [2.45, 2.75) is 17.9 Å². The number of pyridine rings is 1. The maximum atomic E-state index is 12.6. The van der Waals surface area contributed by atoms with E-state index in [9.17, 15) is 13.2 Å². The van der Waals surface area contributed by atoms with E-state index in [1.54, 1.807) is 29.2 Å². The van der Waals surface area contributed by atoms with E-state index >= 15 is 0 Å². The topological polar surface area (TPSA) is 88.6 Å². The highest BCUT2D eigenvalue weighted by atomic mass is 35.5. The van der Waals surface area contributed by atoms with E-state index in [-0.39, 0.29) is 22.0 Å². The molecule has 2 heterocycles. The van der Waals surface area contributed by atoms with Crippen LogP contribution in [0.3, 0.4) is 0 Å². The van der Waals surface area contributed by atoms with Gasteiger partial charge in [0.25, 0.3) is 15.9 Å². The second kappa shape index (κ2) is 7.61. The second-order valence-corrected chi connectivity index (χ2v) is 7.99. The molecule has 0 spiro atoms. The normalized spacial score (nSPS) is 17.8. The molecule has 1 atom stereocenters. The first-order valence-electron chi connectivity index (χ1n) is 8.00. The van der Waals surface area contributed by atoms with Crippen molar-refractivity contribution in [2.24, 2.45) is 0 Å². The lowest BCUT2D eigenvalue weighted by atomic mass is 10.1. The summed E-state index contributed by atoms with van der Waals surface area (Å²) in [5.41, 5.74) is 0.849. The van der Waals surface area contributed by atoms with Gasteiger partial charge in [0.1, 0.15) is 10.0 Å². The maximum absolute atomic E-state index is 12.6. The number of amides is 1. The fourth-order valence-corrected chi connectivity index (χ4v) is 3.73. The molecule has 0 bridgehead atoms. The standard InChI is InChI=1S/C17H18ClN3O4S/c1-12-11-25-9-8-21(12)17(22)13-2-4-14(5-3-13)20-26(23,24)15-6-7-16(18)19-10-15/h2-7,10,12,20H,8-9,11H2,1H3. The molecule has 1 aliphatic heterocycles. The summed E-state index contributed by atoms with van der Waals surface area (Å²) in [6.45, 7) is 3.50. The summed E-state index contributed by atoms with van der Waals surface area (Å²) in [5, 5.41) is 0.212. The quantitative estimate of drug-likeness (QED) is 0.803. The molecule has 1 amide bonds. The molecule has 0 aliphatic carbocycles. The molecule has 2 aromatic rings. The number of sulfonamides is 1. The van der Waals surface area contributed by atoms with Gasteiger partial charge in [0.05, 0.1) is 19.3 Å². The largest absolute Gasteiger partial charge is 0.377 e. The van der Waals surface area contributed by atoms with Gasteiger partial charge < -0.3 is 9.64 Å². The Morgan fingerprint density at radius 3 is 2.62 bits per heavy atom. The number of aromatic nitrogens is 1. The van der Waals surface area contributed by atoms with Crippen LogP contribution in [0.25, 0.3) is 0 Å². The summed E-state index contributed by atoms with van der Waals surface area (Å²) in [7, 11) is -3.78. The summed E-state index contributed by atoms with van der Waals surface area (Å²) < 4.78 is 32.5. The number of ether oxygens (including phenoxy) is 1. The predicted molar refractivity (Wildman–Crippen MR) is 97.8 cm³/mol. The number of rotatable bonds is 4. The average molecular weight is 396 g/mol. The minimum Gasteiger partial charge on any atom is -0.377 e. The van der Waals surface area contributed by atoms with Crippen molar-refractivity contribution in [3.63, 3.8) is 0 Å². The van der Waals surface area contributed by atoms with Crippen LogP contribution < -0.4 is 4.72 Å². The van der Waals surface area contributed by atoms with Gasteiger partial charge in [0.2, 0.25) is 0 Å². The summed E-state index contributed by atoms with van der Waals surface area (Å²) in [5.74, 6) is -0.0999. The van der Waals surface area contributed by atoms with Gasteiger partial charge in [-0.05, 0) is 43.3 Å². The molecule has 1 unspecified atom stereocenters. The van der Waals surface area contributed by atoms with Crippen molar-refractivity contribution < 1.29 is 17.9 Å². The number of anilines is 1. The highest BCUT2D eigenvalue weighted by molar-refractivity contribution is 7.92. The fourth-order valence-electron chi connectivity index (χ4n) is 2.61. The molecule has 1 aliphatic rings. The monoisotopic (exact) mass is 395 g/mol. The zero-order valence-corrected chi connectivity index (χ0v) is 15.6. The van der Waals surface area contributed by atoms with Crippen LogP contribution in [0.1, 0.15) is 17.3 Å². The predicted octanol–water partition coefficient (Wildman–Crippen LogP) is 2.40. The molecule has 1 aromatic carbocycles. The second-order valence-electron chi connectivity index (χ2n) is 5.92. The Morgan fingerprint density at radius 1 is 1.27 bits per heavy atom. The summed E-state index contributed by atoms with van der Waals surface area (Å²) in [6.07, 6.45) is 1.18. The first-order chi connectivity index (χ1) is 12.4. The van der Waals surface area contributed by atoms with Crippen molar-refractivity contribution in [1.29, 1.82) is 0 Å². The van der Waals surface area contributed by atoms with Crippen LogP contribution in [-0.4, -0.2) is 50.0 Å². The van der Waals surface area contributed by atoms with Crippen molar-refractivity contribution in [3.05, 3.63) is 53.3 Å². The summed E-state index contributed by atoms with van der Waals surface area (Å²) in [6, 6.07) is 9.09. The van der Waals surface area contributed by atoms with Crippen LogP contribution in [0.5, 0.6) is 0 Å². The molecule has 0 saturated carbocycles. The third-order valence-electron chi connectivity index (χ3n) is 4.02. The molecule has 1 saturated heterocycles. The zero-order valence-electron chi connectivity index (χ0n) is 14.1. The minimum atomic E-state index is -3.78. The molecule has 1 fully saturated rings. The molecule has 9 heteroatoms. The van der Waals surface area contributed by atoms with E-state index in [1.807, 2.05) is 6.92 Å². The molecule has 26 heavy (non-hydrogen) atoms. The number of hydrogen-bond acceptors (Lipinski definition) is 5. The molecule has 7 nitrogen and oxygen atoms in total. The van der Waals surface area contributed by atoms with Gasteiger partial charge in [-0.3, -0.25) is 9.52 Å². The number of nitrogens with one attached hydrogen (secondary N) is 1. The Labute approximate surface area is 157 Å². The van der Waals surface area contributed by atoms with Crippen LogP contribution >= 0.6 is 11.6 Å². The van der Waals surface area contributed by atoms with E-state index in [2.05, 4.69) is 9.71 Å². The Bertz CT molecular complexity index is 885. The van der Waals surface area contributed by atoms with Crippen LogP contribution in [0.4, 0.5) is 5.69 Å². The first-order valence-corrected chi connectivity index (χ1v) is 9.86. The number of carbonyl (C=O) groups is 1.